The Morgan fingerprint density at radius 1 is 0.774 bits per heavy atom. The molecule has 2 aromatic carbocycles. The lowest BCUT2D eigenvalue weighted by Crippen LogP contribution is -2.55. The maximum absolute atomic E-state index is 14.1. The summed E-state index contributed by atoms with van der Waals surface area (Å²) in [7, 11) is 0. The number of morpholine rings is 2. The van der Waals surface area contributed by atoms with Gasteiger partial charge >= 0.3 is 0 Å². The van der Waals surface area contributed by atoms with E-state index >= 15 is 0 Å². The zero-order valence-corrected chi connectivity index (χ0v) is 18.7. The van der Waals surface area contributed by atoms with Gasteiger partial charge in [0, 0.05) is 31.7 Å². The van der Waals surface area contributed by atoms with Crippen LogP contribution in [0.25, 0.3) is 0 Å². The van der Waals surface area contributed by atoms with Gasteiger partial charge < -0.3 is 9.47 Å². The van der Waals surface area contributed by atoms with Crippen LogP contribution in [-0.2, 0) is 9.47 Å². The first-order valence-electron chi connectivity index (χ1n) is 11.5. The number of carbonyl (C=O) groups excluding carboxylic acids is 1. The van der Waals surface area contributed by atoms with E-state index in [2.05, 4.69) is 60.0 Å². The fraction of sp³-hybridized carbons (Fsp3) is 0.500. The second-order valence-corrected chi connectivity index (χ2v) is 8.74. The maximum Gasteiger partial charge on any atom is 0.181 e. The van der Waals surface area contributed by atoms with E-state index in [1.165, 1.54) is 11.1 Å². The third-order valence-electron chi connectivity index (χ3n) is 6.42. The summed E-state index contributed by atoms with van der Waals surface area (Å²) in [5.41, 5.74) is 3.19. The smallest absolute Gasteiger partial charge is 0.181 e. The molecule has 5 nitrogen and oxygen atoms in total. The fourth-order valence-electron chi connectivity index (χ4n) is 4.69. The molecule has 2 fully saturated rings. The zero-order chi connectivity index (χ0) is 21.6. The van der Waals surface area contributed by atoms with Crippen LogP contribution in [0, 0.1) is 0 Å². The van der Waals surface area contributed by atoms with E-state index < -0.39 is 0 Å². The molecule has 0 aliphatic carbocycles. The highest BCUT2D eigenvalue weighted by atomic mass is 16.5. The predicted molar refractivity (Wildman–Crippen MR) is 123 cm³/mol. The van der Waals surface area contributed by atoms with E-state index in [1.54, 1.807) is 0 Å². The van der Waals surface area contributed by atoms with Crippen molar-refractivity contribution in [1.82, 2.24) is 9.80 Å². The van der Waals surface area contributed by atoms with Crippen molar-refractivity contribution in [3.05, 3.63) is 71.3 Å². The van der Waals surface area contributed by atoms with Crippen LogP contribution in [0.1, 0.15) is 47.3 Å². The maximum atomic E-state index is 14.1. The van der Waals surface area contributed by atoms with Gasteiger partial charge in [0.2, 0.25) is 0 Å². The van der Waals surface area contributed by atoms with Gasteiger partial charge in [0.1, 0.15) is 0 Å². The standard InChI is InChI=1S/C26H34N2O3/c1-20(2)22-9-6-10-23(19-22)26(29)25(28-13-17-31-18-14-28)24(21-7-4-3-5-8-21)27-11-15-30-16-12-27/h3-10,19-20,24-25H,11-18H2,1-2H3. The monoisotopic (exact) mass is 422 g/mol. The van der Waals surface area contributed by atoms with E-state index in [1.807, 2.05) is 18.2 Å². The minimum Gasteiger partial charge on any atom is -0.379 e. The Morgan fingerprint density at radius 2 is 1.35 bits per heavy atom. The molecule has 0 radical (unpaired) electrons. The Balaban J connectivity index is 1.76. The van der Waals surface area contributed by atoms with Crippen LogP contribution >= 0.6 is 0 Å². The van der Waals surface area contributed by atoms with Crippen molar-refractivity contribution in [2.24, 2.45) is 0 Å². The first-order valence-corrected chi connectivity index (χ1v) is 11.5. The summed E-state index contributed by atoms with van der Waals surface area (Å²) in [4.78, 5) is 18.9. The third-order valence-corrected chi connectivity index (χ3v) is 6.42. The Hall–Kier alpha value is -2.05. The molecule has 2 saturated heterocycles. The highest BCUT2D eigenvalue weighted by molar-refractivity contribution is 6.01. The molecule has 2 aromatic rings. The minimum absolute atomic E-state index is 0.0154. The molecule has 31 heavy (non-hydrogen) atoms. The second-order valence-electron chi connectivity index (χ2n) is 8.74. The van der Waals surface area contributed by atoms with Crippen LogP contribution in [0.2, 0.25) is 0 Å². The van der Waals surface area contributed by atoms with Crippen LogP contribution < -0.4 is 0 Å². The molecule has 2 unspecified atom stereocenters. The van der Waals surface area contributed by atoms with E-state index in [9.17, 15) is 4.79 Å². The molecule has 2 aliphatic rings. The lowest BCUT2D eigenvalue weighted by Gasteiger charge is -2.44. The van der Waals surface area contributed by atoms with Crippen LogP contribution in [-0.4, -0.2) is 74.2 Å². The van der Waals surface area contributed by atoms with Crippen molar-refractivity contribution in [2.75, 3.05) is 52.6 Å². The molecule has 0 aromatic heterocycles. The van der Waals surface area contributed by atoms with Gasteiger partial charge in [0.25, 0.3) is 0 Å². The minimum atomic E-state index is -0.258. The molecule has 5 heteroatoms. The molecule has 166 valence electrons. The highest BCUT2D eigenvalue weighted by Crippen LogP contribution is 2.32. The summed E-state index contributed by atoms with van der Waals surface area (Å²) < 4.78 is 11.3. The molecule has 0 spiro atoms. The van der Waals surface area contributed by atoms with E-state index in [0.717, 1.165) is 31.7 Å². The third kappa shape index (κ3) is 5.24. The van der Waals surface area contributed by atoms with Crippen molar-refractivity contribution in [1.29, 1.82) is 0 Å². The normalized spacial score (nSPS) is 20.5. The number of ether oxygens (including phenoxy) is 2. The average molecular weight is 423 g/mol. The summed E-state index contributed by atoms with van der Waals surface area (Å²) >= 11 is 0. The number of rotatable bonds is 7. The van der Waals surface area contributed by atoms with Crippen LogP contribution in [0.5, 0.6) is 0 Å². The summed E-state index contributed by atoms with van der Waals surface area (Å²) in [6.07, 6.45) is 0. The molecule has 0 N–H and O–H groups in total. The van der Waals surface area contributed by atoms with Crippen molar-refractivity contribution < 1.29 is 14.3 Å². The van der Waals surface area contributed by atoms with Crippen molar-refractivity contribution >= 4 is 5.78 Å². The van der Waals surface area contributed by atoms with Gasteiger partial charge in [-0.3, -0.25) is 14.6 Å². The summed E-state index contributed by atoms with van der Waals surface area (Å²) in [6.45, 7) is 10.3. The Labute approximate surface area is 185 Å². The fourth-order valence-corrected chi connectivity index (χ4v) is 4.69. The number of ketones is 1. The quantitative estimate of drug-likeness (QED) is 0.636. The lowest BCUT2D eigenvalue weighted by molar-refractivity contribution is -0.0301. The van der Waals surface area contributed by atoms with Crippen molar-refractivity contribution in [2.45, 2.75) is 31.8 Å². The molecule has 0 bridgehead atoms. The first-order chi connectivity index (χ1) is 15.1. The predicted octanol–water partition coefficient (Wildman–Crippen LogP) is 3.77. The van der Waals surface area contributed by atoms with E-state index in [4.69, 9.17) is 9.47 Å². The van der Waals surface area contributed by atoms with Gasteiger partial charge in [-0.1, -0.05) is 62.4 Å². The number of hydrogen-bond acceptors (Lipinski definition) is 5. The SMILES string of the molecule is CC(C)c1cccc(C(=O)C(C(c2ccccc2)N2CCOCC2)N2CCOCC2)c1. The van der Waals surface area contributed by atoms with Gasteiger partial charge in [-0.25, -0.2) is 0 Å². The molecular weight excluding hydrogens is 388 g/mol. The Kier molecular flexibility index (Phi) is 7.51. The topological polar surface area (TPSA) is 42.0 Å². The number of hydrogen-bond donors (Lipinski definition) is 0. The Morgan fingerprint density at radius 3 is 1.97 bits per heavy atom. The van der Waals surface area contributed by atoms with Gasteiger partial charge in [-0.05, 0) is 23.1 Å². The average Bonchev–Trinajstić information content (AvgIpc) is 2.84. The molecule has 0 amide bonds. The van der Waals surface area contributed by atoms with Gasteiger partial charge in [0.15, 0.2) is 5.78 Å². The number of benzene rings is 2. The Bertz CT molecular complexity index is 843. The first kappa shape index (κ1) is 22.2. The largest absolute Gasteiger partial charge is 0.379 e. The van der Waals surface area contributed by atoms with Gasteiger partial charge in [-0.2, -0.15) is 0 Å². The number of nitrogens with zero attached hydrogens (tertiary/aromatic N) is 2. The van der Waals surface area contributed by atoms with E-state index in [0.29, 0.717) is 32.3 Å². The molecule has 0 saturated carbocycles. The van der Waals surface area contributed by atoms with Crippen molar-refractivity contribution in [3.8, 4) is 0 Å². The van der Waals surface area contributed by atoms with Gasteiger partial charge in [0.05, 0.1) is 38.5 Å². The molecule has 4 rings (SSSR count). The van der Waals surface area contributed by atoms with Crippen LogP contribution in [0.4, 0.5) is 0 Å². The molecule has 2 aliphatic heterocycles. The van der Waals surface area contributed by atoms with Crippen molar-refractivity contribution in [3.63, 3.8) is 0 Å². The second kappa shape index (κ2) is 10.5. The summed E-state index contributed by atoms with van der Waals surface area (Å²) in [5.74, 6) is 0.587. The highest BCUT2D eigenvalue weighted by Gasteiger charge is 2.39. The number of carbonyl (C=O) groups is 1. The van der Waals surface area contributed by atoms with Crippen LogP contribution in [0.15, 0.2) is 54.6 Å². The van der Waals surface area contributed by atoms with Crippen LogP contribution in [0.3, 0.4) is 0 Å². The molecule has 2 atom stereocenters. The number of Topliss-reactive ketones (excluding diaryl/α,β-unsaturated/α-hetero) is 1. The lowest BCUT2D eigenvalue weighted by atomic mass is 9.88. The molecule has 2 heterocycles. The summed E-state index contributed by atoms with van der Waals surface area (Å²) in [6, 6.07) is 18.4. The molecular formula is C26H34N2O3. The van der Waals surface area contributed by atoms with E-state index in [-0.39, 0.29) is 17.9 Å². The summed E-state index contributed by atoms with van der Waals surface area (Å²) in [5, 5.41) is 0. The zero-order valence-electron chi connectivity index (χ0n) is 18.7. The van der Waals surface area contributed by atoms with Gasteiger partial charge in [-0.15, -0.1) is 0 Å².